The average Bonchev–Trinajstić information content (AvgIpc) is 2.86. The zero-order chi connectivity index (χ0) is 13.6. The summed E-state index contributed by atoms with van der Waals surface area (Å²) in [4.78, 5) is 4.10. The number of nitrogens with two attached hydrogens (primary N) is 1. The van der Waals surface area contributed by atoms with E-state index < -0.39 is 10.0 Å². The van der Waals surface area contributed by atoms with Crippen molar-refractivity contribution < 1.29 is 8.42 Å². The summed E-state index contributed by atoms with van der Waals surface area (Å²) in [5.74, 6) is 0.689. The van der Waals surface area contributed by atoms with E-state index in [4.69, 9.17) is 5.73 Å². The molecule has 1 saturated heterocycles. The van der Waals surface area contributed by atoms with Gasteiger partial charge in [0.15, 0.2) is 5.03 Å². The van der Waals surface area contributed by atoms with Crippen LogP contribution >= 0.6 is 12.4 Å². The van der Waals surface area contributed by atoms with Crippen LogP contribution in [0.3, 0.4) is 0 Å². The SMILES string of the molecule is Cc1nc(S(=O)(=O)N2CCC(C)(CN)C2)cn1C.Cl. The van der Waals surface area contributed by atoms with Crippen molar-refractivity contribution in [3.63, 3.8) is 0 Å². The van der Waals surface area contributed by atoms with Crippen molar-refractivity contribution in [1.82, 2.24) is 13.9 Å². The first-order chi connectivity index (χ1) is 8.28. The van der Waals surface area contributed by atoms with Crippen molar-refractivity contribution in [1.29, 1.82) is 0 Å². The summed E-state index contributed by atoms with van der Waals surface area (Å²) in [6, 6.07) is 0. The number of imidazole rings is 1. The molecule has 1 fully saturated rings. The zero-order valence-electron chi connectivity index (χ0n) is 11.5. The van der Waals surface area contributed by atoms with Crippen LogP contribution in [-0.4, -0.2) is 41.9 Å². The van der Waals surface area contributed by atoms with Gasteiger partial charge in [0.1, 0.15) is 5.82 Å². The van der Waals surface area contributed by atoms with E-state index in [-0.39, 0.29) is 22.8 Å². The summed E-state index contributed by atoms with van der Waals surface area (Å²) >= 11 is 0. The van der Waals surface area contributed by atoms with Crippen molar-refractivity contribution in [2.75, 3.05) is 19.6 Å². The molecule has 2 N–H and O–H groups in total. The molecule has 2 rings (SSSR count). The van der Waals surface area contributed by atoms with Gasteiger partial charge in [-0.1, -0.05) is 6.92 Å². The van der Waals surface area contributed by atoms with Crippen molar-refractivity contribution in [3.8, 4) is 0 Å². The van der Waals surface area contributed by atoms with Gasteiger partial charge in [-0.15, -0.1) is 12.4 Å². The smallest absolute Gasteiger partial charge is 0.262 e. The lowest BCUT2D eigenvalue weighted by Crippen LogP contribution is -2.34. The van der Waals surface area contributed by atoms with E-state index in [1.54, 1.807) is 24.7 Å². The van der Waals surface area contributed by atoms with Crippen molar-refractivity contribution in [2.24, 2.45) is 18.2 Å². The molecule has 0 spiro atoms. The fraction of sp³-hybridized carbons (Fsp3) is 0.727. The minimum atomic E-state index is -3.48. The van der Waals surface area contributed by atoms with Crippen LogP contribution in [0.5, 0.6) is 0 Å². The molecule has 0 saturated carbocycles. The second-order valence-corrected chi connectivity index (χ2v) is 7.23. The van der Waals surface area contributed by atoms with Gasteiger partial charge >= 0.3 is 0 Å². The number of rotatable bonds is 3. The van der Waals surface area contributed by atoms with Crippen LogP contribution in [0.25, 0.3) is 0 Å². The zero-order valence-corrected chi connectivity index (χ0v) is 13.1. The third kappa shape index (κ3) is 2.94. The maximum absolute atomic E-state index is 12.4. The summed E-state index contributed by atoms with van der Waals surface area (Å²) in [6.45, 7) is 5.30. The lowest BCUT2D eigenvalue weighted by Gasteiger charge is -2.21. The molecule has 1 aliphatic heterocycles. The largest absolute Gasteiger partial charge is 0.337 e. The molecule has 1 atom stereocenters. The molecule has 8 heteroatoms. The highest BCUT2D eigenvalue weighted by molar-refractivity contribution is 7.89. The average molecular weight is 309 g/mol. The maximum Gasteiger partial charge on any atom is 0.262 e. The lowest BCUT2D eigenvalue weighted by atomic mass is 9.90. The fourth-order valence-electron chi connectivity index (χ4n) is 2.13. The van der Waals surface area contributed by atoms with Crippen LogP contribution < -0.4 is 5.73 Å². The number of nitrogens with zero attached hydrogens (tertiary/aromatic N) is 3. The Morgan fingerprint density at radius 2 is 2.16 bits per heavy atom. The number of aromatic nitrogens is 2. The molecule has 1 unspecified atom stereocenters. The highest BCUT2D eigenvalue weighted by atomic mass is 35.5. The first-order valence-corrected chi connectivity index (χ1v) is 7.43. The van der Waals surface area contributed by atoms with Gasteiger partial charge in [-0.25, -0.2) is 13.4 Å². The second kappa shape index (κ2) is 5.40. The van der Waals surface area contributed by atoms with Crippen LogP contribution in [0.15, 0.2) is 11.2 Å². The summed E-state index contributed by atoms with van der Waals surface area (Å²) in [5, 5.41) is 0.128. The van der Waals surface area contributed by atoms with Gasteiger partial charge in [0.25, 0.3) is 10.0 Å². The van der Waals surface area contributed by atoms with Crippen molar-refractivity contribution in [2.45, 2.75) is 25.3 Å². The van der Waals surface area contributed by atoms with Crippen molar-refractivity contribution >= 4 is 22.4 Å². The highest BCUT2D eigenvalue weighted by Crippen LogP contribution is 2.32. The van der Waals surface area contributed by atoms with Crippen LogP contribution in [0.4, 0.5) is 0 Å². The number of aryl methyl sites for hydroxylation is 2. The quantitative estimate of drug-likeness (QED) is 0.882. The van der Waals surface area contributed by atoms with E-state index in [9.17, 15) is 8.42 Å². The molecule has 6 nitrogen and oxygen atoms in total. The number of hydrogen-bond donors (Lipinski definition) is 1. The number of hydrogen-bond acceptors (Lipinski definition) is 4. The van der Waals surface area contributed by atoms with E-state index in [1.165, 1.54) is 4.31 Å². The second-order valence-electron chi connectivity index (χ2n) is 5.34. The summed E-state index contributed by atoms with van der Waals surface area (Å²) in [7, 11) is -1.69. The molecule has 0 aliphatic carbocycles. The molecular formula is C11H21ClN4O2S. The molecule has 2 heterocycles. The molecule has 0 radical (unpaired) electrons. The minimum absolute atomic E-state index is 0. The standard InChI is InChI=1S/C11H20N4O2S.ClH/c1-9-13-10(6-14(9)3)18(16,17)15-5-4-11(2,7-12)8-15;/h6H,4-5,7-8,12H2,1-3H3;1H. The van der Waals surface area contributed by atoms with Gasteiger partial charge in [-0.3, -0.25) is 0 Å². The van der Waals surface area contributed by atoms with Gasteiger partial charge < -0.3 is 10.3 Å². The number of halogens is 1. The van der Waals surface area contributed by atoms with Gasteiger partial charge in [0, 0.05) is 26.3 Å². The third-order valence-electron chi connectivity index (χ3n) is 3.71. The van der Waals surface area contributed by atoms with E-state index in [0.717, 1.165) is 6.42 Å². The van der Waals surface area contributed by atoms with E-state index in [0.29, 0.717) is 25.5 Å². The van der Waals surface area contributed by atoms with E-state index >= 15 is 0 Å². The highest BCUT2D eigenvalue weighted by Gasteiger charge is 2.39. The normalized spacial score (nSPS) is 24.4. The van der Waals surface area contributed by atoms with Gasteiger partial charge in [-0.2, -0.15) is 4.31 Å². The Labute approximate surface area is 120 Å². The van der Waals surface area contributed by atoms with E-state index in [2.05, 4.69) is 4.98 Å². The Morgan fingerprint density at radius 1 is 1.53 bits per heavy atom. The lowest BCUT2D eigenvalue weighted by molar-refractivity contribution is 0.349. The van der Waals surface area contributed by atoms with Gasteiger partial charge in [0.2, 0.25) is 0 Å². The molecule has 0 aromatic carbocycles. The molecule has 1 aromatic heterocycles. The predicted molar refractivity (Wildman–Crippen MR) is 75.7 cm³/mol. The Balaban J connectivity index is 0.00000180. The Hall–Kier alpha value is -0.630. The number of sulfonamides is 1. The summed E-state index contributed by atoms with van der Waals surface area (Å²) in [6.07, 6.45) is 2.36. The van der Waals surface area contributed by atoms with Crippen LogP contribution in [0.1, 0.15) is 19.2 Å². The molecule has 19 heavy (non-hydrogen) atoms. The Morgan fingerprint density at radius 3 is 2.58 bits per heavy atom. The fourth-order valence-corrected chi connectivity index (χ4v) is 3.75. The Bertz CT molecular complexity index is 538. The van der Waals surface area contributed by atoms with Crippen LogP contribution in [0.2, 0.25) is 0 Å². The Kier molecular flexibility index (Phi) is 4.66. The monoisotopic (exact) mass is 308 g/mol. The first kappa shape index (κ1) is 16.4. The first-order valence-electron chi connectivity index (χ1n) is 5.99. The molecule has 1 aliphatic rings. The third-order valence-corrected chi connectivity index (χ3v) is 5.42. The van der Waals surface area contributed by atoms with Crippen LogP contribution in [0, 0.1) is 12.3 Å². The minimum Gasteiger partial charge on any atom is -0.337 e. The maximum atomic E-state index is 12.4. The predicted octanol–water partition coefficient (Wildman–Crippen LogP) is 0.510. The molecule has 0 amide bonds. The molecule has 0 bridgehead atoms. The molecular weight excluding hydrogens is 288 g/mol. The summed E-state index contributed by atoms with van der Waals surface area (Å²) in [5.41, 5.74) is 5.59. The molecule has 1 aromatic rings. The van der Waals surface area contributed by atoms with Gasteiger partial charge in [-0.05, 0) is 25.3 Å². The van der Waals surface area contributed by atoms with Crippen molar-refractivity contribution in [3.05, 3.63) is 12.0 Å². The van der Waals surface area contributed by atoms with Gasteiger partial charge in [0.05, 0.1) is 0 Å². The summed E-state index contributed by atoms with van der Waals surface area (Å²) < 4.78 is 28.0. The topological polar surface area (TPSA) is 81.2 Å². The van der Waals surface area contributed by atoms with E-state index in [1.807, 2.05) is 6.92 Å². The molecule has 110 valence electrons. The van der Waals surface area contributed by atoms with Crippen LogP contribution in [-0.2, 0) is 17.1 Å².